The summed E-state index contributed by atoms with van der Waals surface area (Å²) in [6.45, 7) is 10.7. The number of hydrogen-bond donors (Lipinski definition) is 0. The molecule has 3 heterocycles. The SMILES string of the molecule is Cc1ccc(CN2CC(c3nncn3CC(C)C)C3(CCCCC3)C2)o1. The van der Waals surface area contributed by atoms with E-state index in [1.54, 1.807) is 0 Å². The molecule has 4 rings (SSSR count). The highest BCUT2D eigenvalue weighted by molar-refractivity contribution is 5.14. The van der Waals surface area contributed by atoms with Crippen molar-refractivity contribution in [1.82, 2.24) is 19.7 Å². The minimum Gasteiger partial charge on any atom is -0.465 e. The van der Waals surface area contributed by atoms with Crippen molar-refractivity contribution >= 4 is 0 Å². The van der Waals surface area contributed by atoms with Gasteiger partial charge in [-0.05, 0) is 43.2 Å². The van der Waals surface area contributed by atoms with Gasteiger partial charge in [-0.3, -0.25) is 4.90 Å². The van der Waals surface area contributed by atoms with E-state index in [-0.39, 0.29) is 0 Å². The van der Waals surface area contributed by atoms with Gasteiger partial charge in [0.15, 0.2) is 0 Å². The summed E-state index contributed by atoms with van der Waals surface area (Å²) in [7, 11) is 0. The van der Waals surface area contributed by atoms with Gasteiger partial charge in [0.25, 0.3) is 0 Å². The maximum atomic E-state index is 5.85. The summed E-state index contributed by atoms with van der Waals surface area (Å²) < 4.78 is 8.16. The van der Waals surface area contributed by atoms with Gasteiger partial charge < -0.3 is 8.98 Å². The van der Waals surface area contributed by atoms with Crippen LogP contribution in [0.4, 0.5) is 0 Å². The van der Waals surface area contributed by atoms with Crippen molar-refractivity contribution < 1.29 is 4.42 Å². The lowest BCUT2D eigenvalue weighted by Crippen LogP contribution is -2.33. The molecule has 2 aromatic rings. The Morgan fingerprint density at radius 1 is 1.23 bits per heavy atom. The smallest absolute Gasteiger partial charge is 0.137 e. The van der Waals surface area contributed by atoms with Gasteiger partial charge in [-0.2, -0.15) is 0 Å². The van der Waals surface area contributed by atoms with Crippen LogP contribution in [-0.4, -0.2) is 32.8 Å². The predicted molar refractivity (Wildman–Crippen MR) is 102 cm³/mol. The van der Waals surface area contributed by atoms with Crippen molar-refractivity contribution in [3.63, 3.8) is 0 Å². The van der Waals surface area contributed by atoms with Crippen molar-refractivity contribution in [2.45, 2.75) is 71.9 Å². The molecule has 0 bridgehead atoms. The van der Waals surface area contributed by atoms with Crippen LogP contribution in [0.25, 0.3) is 0 Å². The second-order valence-corrected chi connectivity index (χ2v) is 8.89. The first-order chi connectivity index (χ1) is 12.6. The van der Waals surface area contributed by atoms with Gasteiger partial charge in [-0.1, -0.05) is 33.1 Å². The number of aryl methyl sites for hydroxylation is 1. The highest BCUT2D eigenvalue weighted by Crippen LogP contribution is 2.51. The molecule has 1 atom stereocenters. The molecule has 1 aliphatic carbocycles. The van der Waals surface area contributed by atoms with Crippen LogP contribution in [0.15, 0.2) is 22.9 Å². The highest BCUT2D eigenvalue weighted by atomic mass is 16.3. The quantitative estimate of drug-likeness (QED) is 0.797. The maximum absolute atomic E-state index is 5.85. The fourth-order valence-electron chi connectivity index (χ4n) is 5.17. The zero-order chi connectivity index (χ0) is 18.1. The van der Waals surface area contributed by atoms with Crippen LogP contribution in [0.3, 0.4) is 0 Å². The summed E-state index contributed by atoms with van der Waals surface area (Å²) in [5, 5.41) is 8.90. The van der Waals surface area contributed by atoms with E-state index >= 15 is 0 Å². The third kappa shape index (κ3) is 3.46. The number of rotatable bonds is 5. The Hall–Kier alpha value is -1.62. The van der Waals surface area contributed by atoms with Crippen molar-refractivity contribution in [3.05, 3.63) is 35.8 Å². The molecule has 5 nitrogen and oxygen atoms in total. The minimum atomic E-state index is 0.363. The molecule has 26 heavy (non-hydrogen) atoms. The number of aromatic nitrogens is 3. The summed E-state index contributed by atoms with van der Waals surface area (Å²) in [4.78, 5) is 2.59. The molecule has 0 aromatic carbocycles. The molecule has 1 unspecified atom stereocenters. The molecular weight excluding hydrogens is 324 g/mol. The van der Waals surface area contributed by atoms with E-state index < -0.39 is 0 Å². The Morgan fingerprint density at radius 3 is 2.73 bits per heavy atom. The van der Waals surface area contributed by atoms with Gasteiger partial charge in [0, 0.05) is 25.6 Å². The topological polar surface area (TPSA) is 47.1 Å². The average Bonchev–Trinajstić information content (AvgIpc) is 3.28. The van der Waals surface area contributed by atoms with Gasteiger partial charge in [-0.25, -0.2) is 0 Å². The van der Waals surface area contributed by atoms with Gasteiger partial charge in [0.05, 0.1) is 6.54 Å². The van der Waals surface area contributed by atoms with Crippen LogP contribution in [-0.2, 0) is 13.1 Å². The standard InChI is InChI=1S/C21H32N4O/c1-16(2)11-25-15-22-23-20(25)19-13-24(12-18-8-7-17(3)26-18)14-21(19)9-5-4-6-10-21/h7-8,15-16,19H,4-6,9-14H2,1-3H3. The first-order valence-electron chi connectivity index (χ1n) is 10.2. The van der Waals surface area contributed by atoms with Gasteiger partial charge >= 0.3 is 0 Å². The van der Waals surface area contributed by atoms with E-state index in [2.05, 4.69) is 45.6 Å². The Labute approximate surface area is 156 Å². The van der Waals surface area contributed by atoms with Crippen molar-refractivity contribution in [1.29, 1.82) is 0 Å². The van der Waals surface area contributed by atoms with Crippen molar-refractivity contribution in [2.75, 3.05) is 13.1 Å². The zero-order valence-electron chi connectivity index (χ0n) is 16.4. The number of nitrogens with zero attached hydrogens (tertiary/aromatic N) is 4. The number of likely N-dealkylation sites (tertiary alicyclic amines) is 1. The number of hydrogen-bond acceptors (Lipinski definition) is 4. The summed E-state index contributed by atoms with van der Waals surface area (Å²) >= 11 is 0. The van der Waals surface area contributed by atoms with E-state index in [1.807, 2.05) is 13.3 Å². The molecule has 2 aliphatic rings. The first kappa shape index (κ1) is 17.8. The lowest BCUT2D eigenvalue weighted by Gasteiger charge is -2.38. The van der Waals surface area contributed by atoms with Crippen LogP contribution in [0.5, 0.6) is 0 Å². The Morgan fingerprint density at radius 2 is 2.04 bits per heavy atom. The molecule has 1 saturated heterocycles. The minimum absolute atomic E-state index is 0.363. The van der Waals surface area contributed by atoms with Crippen LogP contribution in [0, 0.1) is 18.3 Å². The zero-order valence-corrected chi connectivity index (χ0v) is 16.4. The Bertz CT molecular complexity index is 726. The van der Waals surface area contributed by atoms with Crippen molar-refractivity contribution in [2.24, 2.45) is 11.3 Å². The van der Waals surface area contributed by atoms with E-state index in [4.69, 9.17) is 4.42 Å². The van der Waals surface area contributed by atoms with E-state index in [0.717, 1.165) is 37.7 Å². The number of furan rings is 1. The molecule has 0 amide bonds. The third-order valence-electron chi connectivity index (χ3n) is 6.26. The average molecular weight is 357 g/mol. The van der Waals surface area contributed by atoms with E-state index in [1.165, 1.54) is 37.9 Å². The predicted octanol–water partition coefficient (Wildman–Crippen LogP) is 4.39. The summed E-state index contributed by atoms with van der Waals surface area (Å²) in [5.41, 5.74) is 0.363. The molecule has 1 aliphatic heterocycles. The van der Waals surface area contributed by atoms with Gasteiger partial charge in [0.2, 0.25) is 0 Å². The molecule has 142 valence electrons. The highest BCUT2D eigenvalue weighted by Gasteiger charge is 2.49. The third-order valence-corrected chi connectivity index (χ3v) is 6.26. The fourth-order valence-corrected chi connectivity index (χ4v) is 5.17. The van der Waals surface area contributed by atoms with Gasteiger partial charge in [0.1, 0.15) is 23.7 Å². The Kier molecular flexibility index (Phi) is 4.91. The molecule has 2 aromatic heterocycles. The summed E-state index contributed by atoms with van der Waals surface area (Å²) in [6.07, 6.45) is 8.65. The van der Waals surface area contributed by atoms with Crippen molar-refractivity contribution in [3.8, 4) is 0 Å². The van der Waals surface area contributed by atoms with Crippen LogP contribution in [0.1, 0.15) is 69.2 Å². The lowest BCUT2D eigenvalue weighted by molar-refractivity contribution is 0.161. The molecule has 5 heteroatoms. The molecule has 2 fully saturated rings. The van der Waals surface area contributed by atoms with Crippen LogP contribution >= 0.6 is 0 Å². The van der Waals surface area contributed by atoms with Crippen LogP contribution < -0.4 is 0 Å². The summed E-state index contributed by atoms with van der Waals surface area (Å²) in [6, 6.07) is 4.19. The molecule has 1 spiro atoms. The van der Waals surface area contributed by atoms with Gasteiger partial charge in [-0.15, -0.1) is 10.2 Å². The van der Waals surface area contributed by atoms with E-state index in [9.17, 15) is 0 Å². The van der Waals surface area contributed by atoms with E-state index in [0.29, 0.717) is 17.3 Å². The second kappa shape index (κ2) is 7.18. The molecule has 0 radical (unpaired) electrons. The molecule has 0 N–H and O–H groups in total. The molecule has 1 saturated carbocycles. The summed E-state index contributed by atoms with van der Waals surface area (Å²) in [5.74, 6) is 4.38. The van der Waals surface area contributed by atoms with Crippen LogP contribution in [0.2, 0.25) is 0 Å². The second-order valence-electron chi connectivity index (χ2n) is 8.89. The lowest BCUT2D eigenvalue weighted by atomic mass is 9.67. The first-order valence-corrected chi connectivity index (χ1v) is 10.2. The normalized spacial score (nSPS) is 23.3. The monoisotopic (exact) mass is 356 g/mol. The maximum Gasteiger partial charge on any atom is 0.137 e. The Balaban J connectivity index is 1.59. The largest absolute Gasteiger partial charge is 0.465 e. The fraction of sp³-hybridized carbons (Fsp3) is 0.714. The molecular formula is C21H32N4O.